The third-order valence-corrected chi connectivity index (χ3v) is 5.30. The Morgan fingerprint density at radius 1 is 0.912 bits per heavy atom. The van der Waals surface area contributed by atoms with Gasteiger partial charge in [-0.3, -0.25) is 4.79 Å². The Morgan fingerprint density at radius 2 is 1.68 bits per heavy atom. The van der Waals surface area contributed by atoms with Crippen molar-refractivity contribution in [3.63, 3.8) is 0 Å². The Morgan fingerprint density at radius 3 is 2.47 bits per heavy atom. The molecule has 0 unspecified atom stereocenters. The molecule has 0 fully saturated rings. The molecule has 0 aliphatic heterocycles. The van der Waals surface area contributed by atoms with Crippen LogP contribution in [0.1, 0.15) is 15.9 Å². The third kappa shape index (κ3) is 5.92. The van der Waals surface area contributed by atoms with Crippen LogP contribution in [-0.2, 0) is 4.79 Å². The van der Waals surface area contributed by atoms with Crippen molar-refractivity contribution in [2.75, 3.05) is 6.61 Å². The van der Waals surface area contributed by atoms with E-state index in [0.29, 0.717) is 22.1 Å². The van der Waals surface area contributed by atoms with Gasteiger partial charge in [-0.05, 0) is 59.5 Å². The number of hydrazone groups is 1. The zero-order valence-corrected chi connectivity index (χ0v) is 19.2. The fraction of sp³-hybridized carbons (Fsp3) is 0.0385. The zero-order valence-electron chi connectivity index (χ0n) is 17.7. The molecule has 170 valence electrons. The summed E-state index contributed by atoms with van der Waals surface area (Å²) in [4.78, 5) is 24.4. The minimum atomic E-state index is -0.596. The quantitative estimate of drug-likeness (QED) is 0.151. The SMILES string of the molecule is O=C(COc1cccc2ccccc12)N/N=C\c1ccc(OC(=O)c2ccc(Cl)cc2Cl)cc1. The second-order valence-electron chi connectivity index (χ2n) is 7.14. The lowest BCUT2D eigenvalue weighted by Gasteiger charge is -2.08. The number of amides is 1. The largest absolute Gasteiger partial charge is 0.483 e. The number of hydrogen-bond donors (Lipinski definition) is 1. The highest BCUT2D eigenvalue weighted by Crippen LogP contribution is 2.25. The molecule has 0 aliphatic rings. The Labute approximate surface area is 205 Å². The van der Waals surface area contributed by atoms with E-state index in [0.717, 1.165) is 10.8 Å². The molecule has 6 nitrogen and oxygen atoms in total. The predicted molar refractivity (Wildman–Crippen MR) is 133 cm³/mol. The zero-order chi connectivity index (χ0) is 23.9. The Hall–Kier alpha value is -3.87. The molecule has 4 aromatic rings. The molecule has 0 heterocycles. The van der Waals surface area contributed by atoms with Gasteiger partial charge in [-0.25, -0.2) is 10.2 Å². The Kier molecular flexibility index (Phi) is 7.42. The molecule has 0 spiro atoms. The van der Waals surface area contributed by atoms with Crippen LogP contribution in [0.25, 0.3) is 10.8 Å². The standard InChI is InChI=1S/C26H18Cl2N2O4/c27-19-10-13-22(23(28)14-19)26(32)34-20-11-8-17(9-12-20)15-29-30-25(31)16-33-24-7-3-5-18-4-1-2-6-21(18)24/h1-15H,16H2,(H,30,31)/b29-15-. The maximum absolute atomic E-state index is 12.3. The van der Waals surface area contributed by atoms with Crippen molar-refractivity contribution in [1.82, 2.24) is 5.43 Å². The van der Waals surface area contributed by atoms with Crippen molar-refractivity contribution in [3.8, 4) is 11.5 Å². The number of esters is 1. The summed E-state index contributed by atoms with van der Waals surface area (Å²) in [5, 5.41) is 6.53. The molecule has 8 heteroatoms. The molecule has 4 aromatic carbocycles. The number of carbonyl (C=O) groups is 2. The second kappa shape index (κ2) is 10.8. The predicted octanol–water partition coefficient (Wildman–Crippen LogP) is 5.89. The van der Waals surface area contributed by atoms with Crippen molar-refractivity contribution in [1.29, 1.82) is 0 Å². The van der Waals surface area contributed by atoms with Gasteiger partial charge in [0, 0.05) is 10.4 Å². The highest BCUT2D eigenvalue weighted by molar-refractivity contribution is 6.36. The van der Waals surface area contributed by atoms with Gasteiger partial charge >= 0.3 is 5.97 Å². The monoisotopic (exact) mass is 492 g/mol. The van der Waals surface area contributed by atoms with Crippen molar-refractivity contribution in [3.05, 3.63) is 106 Å². The van der Waals surface area contributed by atoms with Gasteiger partial charge in [-0.15, -0.1) is 0 Å². The molecule has 0 saturated carbocycles. The Bertz CT molecular complexity index is 1370. The van der Waals surface area contributed by atoms with Crippen LogP contribution in [0.3, 0.4) is 0 Å². The molecule has 0 saturated heterocycles. The van der Waals surface area contributed by atoms with Gasteiger partial charge in [0.1, 0.15) is 11.5 Å². The molecule has 1 N–H and O–H groups in total. The smallest absolute Gasteiger partial charge is 0.345 e. The fourth-order valence-electron chi connectivity index (χ4n) is 3.11. The average Bonchev–Trinajstić information content (AvgIpc) is 2.83. The lowest BCUT2D eigenvalue weighted by molar-refractivity contribution is -0.123. The van der Waals surface area contributed by atoms with E-state index in [4.69, 9.17) is 32.7 Å². The van der Waals surface area contributed by atoms with Crippen LogP contribution in [0.4, 0.5) is 0 Å². The van der Waals surface area contributed by atoms with Crippen LogP contribution < -0.4 is 14.9 Å². The summed E-state index contributed by atoms with van der Waals surface area (Å²) in [6.07, 6.45) is 1.47. The summed E-state index contributed by atoms with van der Waals surface area (Å²) in [5.41, 5.74) is 3.33. The van der Waals surface area contributed by atoms with Crippen LogP contribution in [0, 0.1) is 0 Å². The van der Waals surface area contributed by atoms with E-state index >= 15 is 0 Å². The molecule has 0 aromatic heterocycles. The molecule has 0 aliphatic carbocycles. The number of nitrogens with one attached hydrogen (secondary N) is 1. The summed E-state index contributed by atoms with van der Waals surface area (Å²) in [6, 6.07) is 24.6. The minimum absolute atomic E-state index is 0.173. The number of halogens is 2. The summed E-state index contributed by atoms with van der Waals surface area (Å²) >= 11 is 11.9. The first-order chi connectivity index (χ1) is 16.5. The first kappa shape index (κ1) is 23.3. The van der Waals surface area contributed by atoms with Crippen LogP contribution in [-0.4, -0.2) is 24.7 Å². The van der Waals surface area contributed by atoms with Crippen LogP contribution >= 0.6 is 23.2 Å². The summed E-state index contributed by atoms with van der Waals surface area (Å²) < 4.78 is 11.0. The van der Waals surface area contributed by atoms with Gasteiger partial charge in [0.25, 0.3) is 5.91 Å². The molecule has 0 atom stereocenters. The molecule has 4 rings (SSSR count). The maximum Gasteiger partial charge on any atom is 0.345 e. The van der Waals surface area contributed by atoms with Crippen molar-refractivity contribution in [2.24, 2.45) is 5.10 Å². The van der Waals surface area contributed by atoms with Crippen LogP contribution in [0.15, 0.2) is 90.0 Å². The number of fused-ring (bicyclic) bond motifs is 1. The van der Waals surface area contributed by atoms with Gasteiger partial charge < -0.3 is 9.47 Å². The van der Waals surface area contributed by atoms with E-state index in [-0.39, 0.29) is 17.2 Å². The molecule has 34 heavy (non-hydrogen) atoms. The van der Waals surface area contributed by atoms with E-state index in [2.05, 4.69) is 10.5 Å². The van der Waals surface area contributed by atoms with Crippen LogP contribution in [0.5, 0.6) is 11.5 Å². The number of nitrogens with zero attached hydrogens (tertiary/aromatic N) is 1. The van der Waals surface area contributed by atoms with Gasteiger partial charge in [-0.2, -0.15) is 5.10 Å². The van der Waals surface area contributed by atoms with Crippen LogP contribution in [0.2, 0.25) is 10.0 Å². The second-order valence-corrected chi connectivity index (χ2v) is 7.99. The van der Waals surface area contributed by atoms with Gasteiger partial charge in [0.05, 0.1) is 16.8 Å². The topological polar surface area (TPSA) is 77.0 Å². The lowest BCUT2D eigenvalue weighted by atomic mass is 10.1. The molecule has 0 bridgehead atoms. The first-order valence-electron chi connectivity index (χ1n) is 10.2. The van der Waals surface area contributed by atoms with E-state index in [1.54, 1.807) is 30.3 Å². The Balaban J connectivity index is 1.28. The van der Waals surface area contributed by atoms with Gasteiger partial charge in [0.2, 0.25) is 0 Å². The number of rotatable bonds is 7. The lowest BCUT2D eigenvalue weighted by Crippen LogP contribution is -2.24. The number of ether oxygens (including phenoxy) is 2. The molecule has 0 radical (unpaired) electrons. The van der Waals surface area contributed by atoms with Gasteiger partial charge in [0.15, 0.2) is 6.61 Å². The highest BCUT2D eigenvalue weighted by atomic mass is 35.5. The number of hydrogen-bond acceptors (Lipinski definition) is 5. The van der Waals surface area contributed by atoms with E-state index in [9.17, 15) is 9.59 Å². The average molecular weight is 493 g/mol. The first-order valence-corrected chi connectivity index (χ1v) is 10.9. The fourth-order valence-corrected chi connectivity index (χ4v) is 3.60. The summed E-state index contributed by atoms with van der Waals surface area (Å²) in [7, 11) is 0. The van der Waals surface area contributed by atoms with Gasteiger partial charge in [-0.1, -0.05) is 59.6 Å². The molecule has 1 amide bonds. The van der Waals surface area contributed by atoms with E-state index < -0.39 is 11.9 Å². The molecular formula is C26H18Cl2N2O4. The normalized spacial score (nSPS) is 10.9. The van der Waals surface area contributed by atoms with Crippen molar-refractivity contribution >= 4 is 52.1 Å². The highest BCUT2D eigenvalue weighted by Gasteiger charge is 2.13. The number of carbonyl (C=O) groups excluding carboxylic acids is 2. The maximum atomic E-state index is 12.3. The summed E-state index contributed by atoms with van der Waals surface area (Å²) in [6.45, 7) is -0.173. The minimum Gasteiger partial charge on any atom is -0.483 e. The van der Waals surface area contributed by atoms with Crippen molar-refractivity contribution in [2.45, 2.75) is 0 Å². The summed E-state index contributed by atoms with van der Waals surface area (Å²) in [5.74, 6) is -0.0286. The molecular weight excluding hydrogens is 475 g/mol. The van der Waals surface area contributed by atoms with Crippen molar-refractivity contribution < 1.29 is 19.1 Å². The number of benzene rings is 4. The third-order valence-electron chi connectivity index (χ3n) is 4.75. The van der Waals surface area contributed by atoms with E-state index in [1.807, 2.05) is 42.5 Å². The van der Waals surface area contributed by atoms with E-state index in [1.165, 1.54) is 18.3 Å².